The number of fused-ring (bicyclic) bond motifs is 1. The van der Waals surface area contributed by atoms with Crippen molar-refractivity contribution in [2.45, 2.75) is 44.6 Å². The fourth-order valence-corrected chi connectivity index (χ4v) is 4.85. The third kappa shape index (κ3) is 4.34. The minimum atomic E-state index is -0.769. The molecular weight excluding hydrogens is 435 g/mol. The summed E-state index contributed by atoms with van der Waals surface area (Å²) < 4.78 is 25.8. The zero-order valence-corrected chi connectivity index (χ0v) is 19.2. The smallest absolute Gasteiger partial charge is 0.306 e. The summed E-state index contributed by atoms with van der Waals surface area (Å²) >= 11 is 0. The summed E-state index contributed by atoms with van der Waals surface area (Å²) in [5.41, 5.74) is 3.06. The van der Waals surface area contributed by atoms with Crippen LogP contribution in [0.15, 0.2) is 48.8 Å². The van der Waals surface area contributed by atoms with Crippen LogP contribution in [0, 0.1) is 17.7 Å². The van der Waals surface area contributed by atoms with Gasteiger partial charge in [-0.1, -0.05) is 19.1 Å². The maximum atomic E-state index is 14.3. The molecule has 1 aliphatic carbocycles. The number of hydrogen-bond acceptors (Lipinski definition) is 5. The fraction of sp³-hybridized carbons (Fsp3) is 0.370. The molecule has 176 valence electrons. The van der Waals surface area contributed by atoms with Gasteiger partial charge in [0.05, 0.1) is 13.0 Å². The van der Waals surface area contributed by atoms with Crippen LogP contribution in [0.1, 0.15) is 55.2 Å². The van der Waals surface area contributed by atoms with Crippen molar-refractivity contribution >= 4 is 5.97 Å². The minimum Gasteiger partial charge on any atom is -0.497 e. The average Bonchev–Trinajstić information content (AvgIpc) is 3.69. The van der Waals surface area contributed by atoms with E-state index >= 15 is 0 Å². The van der Waals surface area contributed by atoms with Crippen molar-refractivity contribution in [2.75, 3.05) is 7.11 Å². The predicted octanol–water partition coefficient (Wildman–Crippen LogP) is 5.57. The van der Waals surface area contributed by atoms with Crippen molar-refractivity contribution in [1.82, 2.24) is 9.97 Å². The number of benzene rings is 2. The Bertz CT molecular complexity index is 1210. The maximum Gasteiger partial charge on any atom is 0.306 e. The normalized spacial score (nSPS) is 19.0. The number of ether oxygens (including phenoxy) is 2. The first kappa shape index (κ1) is 22.3. The number of methoxy groups -OCH3 is 1. The first-order chi connectivity index (χ1) is 16.4. The number of carboxylic acid groups (broad SMARTS) is 1. The molecule has 3 aromatic rings. The number of aliphatic carboxylic acids is 1. The van der Waals surface area contributed by atoms with E-state index in [1.807, 2.05) is 6.07 Å². The quantitative estimate of drug-likeness (QED) is 0.494. The summed E-state index contributed by atoms with van der Waals surface area (Å²) in [6, 6.07) is 10.7. The predicted molar refractivity (Wildman–Crippen MR) is 124 cm³/mol. The van der Waals surface area contributed by atoms with Crippen LogP contribution < -0.4 is 9.47 Å². The highest BCUT2D eigenvalue weighted by atomic mass is 19.1. The van der Waals surface area contributed by atoms with Gasteiger partial charge in [0.15, 0.2) is 11.9 Å². The van der Waals surface area contributed by atoms with Gasteiger partial charge < -0.3 is 14.6 Å². The van der Waals surface area contributed by atoms with Gasteiger partial charge in [0.25, 0.3) is 0 Å². The summed E-state index contributed by atoms with van der Waals surface area (Å²) in [7, 11) is 1.54. The molecule has 0 radical (unpaired) electrons. The highest BCUT2D eigenvalue weighted by Gasteiger charge is 2.39. The first-order valence-electron chi connectivity index (χ1n) is 11.6. The molecule has 2 heterocycles. The van der Waals surface area contributed by atoms with Crippen molar-refractivity contribution in [3.63, 3.8) is 0 Å². The van der Waals surface area contributed by atoms with Gasteiger partial charge in [-0.3, -0.25) is 4.79 Å². The summed E-state index contributed by atoms with van der Waals surface area (Å²) in [6.07, 6.45) is 6.58. The van der Waals surface area contributed by atoms with E-state index in [-0.39, 0.29) is 17.8 Å². The molecule has 5 rings (SSSR count). The van der Waals surface area contributed by atoms with Gasteiger partial charge in [0.2, 0.25) is 0 Å². The number of aryl methyl sites for hydroxylation is 1. The van der Waals surface area contributed by atoms with Crippen LogP contribution in [0.4, 0.5) is 4.39 Å². The molecule has 1 aliphatic heterocycles. The highest BCUT2D eigenvalue weighted by Crippen LogP contribution is 2.48. The van der Waals surface area contributed by atoms with Crippen LogP contribution in [-0.4, -0.2) is 28.2 Å². The van der Waals surface area contributed by atoms with Gasteiger partial charge >= 0.3 is 5.97 Å². The molecule has 2 aliphatic rings. The molecule has 2 aromatic carbocycles. The van der Waals surface area contributed by atoms with E-state index in [4.69, 9.17) is 9.47 Å². The second kappa shape index (κ2) is 9.05. The van der Waals surface area contributed by atoms with E-state index < -0.39 is 11.9 Å². The Morgan fingerprint density at radius 3 is 2.59 bits per heavy atom. The summed E-state index contributed by atoms with van der Waals surface area (Å²) in [5.74, 6) is 0.687. The number of aromatic nitrogens is 2. The van der Waals surface area contributed by atoms with Crippen molar-refractivity contribution in [3.8, 4) is 22.6 Å². The number of nitrogens with zero attached hydrogens (tertiary/aromatic N) is 2. The van der Waals surface area contributed by atoms with Gasteiger partial charge in [-0.25, -0.2) is 14.4 Å². The zero-order chi connectivity index (χ0) is 23.8. The topological polar surface area (TPSA) is 81.5 Å². The van der Waals surface area contributed by atoms with Crippen LogP contribution in [0.2, 0.25) is 0 Å². The third-order valence-electron chi connectivity index (χ3n) is 6.92. The van der Waals surface area contributed by atoms with Gasteiger partial charge in [0, 0.05) is 23.5 Å². The molecule has 3 unspecified atom stereocenters. The minimum absolute atomic E-state index is 0.0138. The Hall–Kier alpha value is -3.48. The summed E-state index contributed by atoms with van der Waals surface area (Å²) in [6.45, 7) is 1.79. The van der Waals surface area contributed by atoms with E-state index in [0.29, 0.717) is 28.6 Å². The molecule has 0 spiro atoms. The van der Waals surface area contributed by atoms with Crippen molar-refractivity contribution in [3.05, 3.63) is 71.6 Å². The van der Waals surface area contributed by atoms with Crippen LogP contribution in [0.5, 0.6) is 11.5 Å². The van der Waals surface area contributed by atoms with Crippen LogP contribution in [0.25, 0.3) is 11.1 Å². The highest BCUT2D eigenvalue weighted by molar-refractivity contribution is 5.71. The van der Waals surface area contributed by atoms with Crippen LogP contribution >= 0.6 is 0 Å². The maximum absolute atomic E-state index is 14.3. The Balaban J connectivity index is 1.37. The molecule has 1 N–H and O–H groups in total. The van der Waals surface area contributed by atoms with E-state index in [1.54, 1.807) is 31.5 Å². The standard InChI is InChI=1S/C27H27FN2O4/c1-15(27(31)32)25(17-4-5-17)18-6-3-16-7-10-23(34-24(16)11-18)26-29-13-19(14-30-26)21-12-20(33-2)8-9-22(21)28/h3,6,8-9,11-15,17,23,25H,4-5,7,10H2,1-2H3,(H,31,32). The van der Waals surface area contributed by atoms with Crippen molar-refractivity contribution in [1.29, 1.82) is 0 Å². The lowest BCUT2D eigenvalue weighted by Gasteiger charge is -2.28. The lowest BCUT2D eigenvalue weighted by molar-refractivity contribution is -0.142. The number of hydrogen-bond donors (Lipinski definition) is 1. The summed E-state index contributed by atoms with van der Waals surface area (Å²) in [4.78, 5) is 20.6. The second-order valence-electron chi connectivity index (χ2n) is 9.18. The Labute approximate surface area is 197 Å². The molecule has 1 aromatic heterocycles. The second-order valence-corrected chi connectivity index (χ2v) is 9.18. The number of halogens is 1. The monoisotopic (exact) mass is 462 g/mol. The number of carboxylic acids is 1. The zero-order valence-electron chi connectivity index (χ0n) is 19.2. The molecule has 34 heavy (non-hydrogen) atoms. The van der Waals surface area contributed by atoms with Gasteiger partial charge in [-0.05, 0) is 72.9 Å². The fourth-order valence-electron chi connectivity index (χ4n) is 4.85. The van der Waals surface area contributed by atoms with Gasteiger partial charge in [-0.15, -0.1) is 0 Å². The van der Waals surface area contributed by atoms with Crippen molar-refractivity contribution in [2.24, 2.45) is 11.8 Å². The molecule has 3 atom stereocenters. The molecule has 0 saturated heterocycles. The Morgan fingerprint density at radius 2 is 1.91 bits per heavy atom. The van der Waals surface area contributed by atoms with E-state index in [9.17, 15) is 14.3 Å². The van der Waals surface area contributed by atoms with Crippen molar-refractivity contribution < 1.29 is 23.8 Å². The number of rotatable bonds is 7. The lowest BCUT2D eigenvalue weighted by Crippen LogP contribution is -2.22. The molecule has 6 nitrogen and oxygen atoms in total. The molecule has 7 heteroatoms. The SMILES string of the molecule is COc1ccc(F)c(-c2cnc(C3CCc4ccc(C(C5CC5)C(C)C(=O)O)cc4O3)nc2)c1. The first-order valence-corrected chi connectivity index (χ1v) is 11.6. The lowest BCUT2D eigenvalue weighted by atomic mass is 9.82. The summed E-state index contributed by atoms with van der Waals surface area (Å²) in [5, 5.41) is 9.59. The molecule has 0 bridgehead atoms. The molecule has 1 saturated carbocycles. The largest absolute Gasteiger partial charge is 0.497 e. The van der Waals surface area contributed by atoms with E-state index in [2.05, 4.69) is 22.1 Å². The average molecular weight is 463 g/mol. The molecule has 1 fully saturated rings. The van der Waals surface area contributed by atoms with E-state index in [0.717, 1.165) is 42.6 Å². The molecule has 0 amide bonds. The molecular formula is C27H27FN2O4. The van der Waals surface area contributed by atoms with E-state index in [1.165, 1.54) is 13.2 Å². The Kier molecular flexibility index (Phi) is 5.94. The third-order valence-corrected chi connectivity index (χ3v) is 6.92. The van der Waals surface area contributed by atoms with Gasteiger partial charge in [-0.2, -0.15) is 0 Å². The number of carbonyl (C=O) groups is 1. The van der Waals surface area contributed by atoms with Crippen LogP contribution in [0.3, 0.4) is 0 Å². The Morgan fingerprint density at radius 1 is 1.15 bits per heavy atom. The van der Waals surface area contributed by atoms with Crippen LogP contribution in [-0.2, 0) is 11.2 Å². The van der Waals surface area contributed by atoms with Gasteiger partial charge in [0.1, 0.15) is 17.3 Å².